The monoisotopic (exact) mass is 327 g/mol. The van der Waals surface area contributed by atoms with Crippen molar-refractivity contribution in [1.82, 2.24) is 4.31 Å². The lowest BCUT2D eigenvalue weighted by atomic mass is 9.94. The molecule has 2 unspecified atom stereocenters. The molecule has 6 nitrogen and oxygen atoms in total. The number of carbonyl (C=O) groups is 1. The third kappa shape index (κ3) is 3.10. The van der Waals surface area contributed by atoms with Gasteiger partial charge in [0.2, 0.25) is 10.0 Å². The van der Waals surface area contributed by atoms with E-state index in [2.05, 4.69) is 0 Å². The zero-order valence-corrected chi connectivity index (χ0v) is 13.8. The van der Waals surface area contributed by atoms with Crippen LogP contribution in [0.4, 0.5) is 0 Å². The van der Waals surface area contributed by atoms with E-state index in [0.29, 0.717) is 6.54 Å². The summed E-state index contributed by atoms with van der Waals surface area (Å²) in [5, 5.41) is 9.14. The zero-order chi connectivity index (χ0) is 16.5. The smallest absolute Gasteiger partial charge is 0.335 e. The number of methoxy groups -OCH3 is 1. The number of sulfonamides is 1. The minimum absolute atomic E-state index is 0.0369. The highest BCUT2D eigenvalue weighted by Crippen LogP contribution is 2.30. The second-order valence-electron chi connectivity index (χ2n) is 5.68. The van der Waals surface area contributed by atoms with Crippen LogP contribution in [0, 0.1) is 5.92 Å². The maximum Gasteiger partial charge on any atom is 0.335 e. The summed E-state index contributed by atoms with van der Waals surface area (Å²) in [6.45, 7) is 4.37. The van der Waals surface area contributed by atoms with Crippen LogP contribution >= 0.6 is 0 Å². The highest BCUT2D eigenvalue weighted by molar-refractivity contribution is 7.89. The molecule has 1 fully saturated rings. The average molecular weight is 327 g/mol. The molecule has 0 aromatic heterocycles. The van der Waals surface area contributed by atoms with Crippen molar-refractivity contribution in [2.75, 3.05) is 13.7 Å². The van der Waals surface area contributed by atoms with Crippen molar-refractivity contribution in [1.29, 1.82) is 0 Å². The molecule has 2 rings (SSSR count). The van der Waals surface area contributed by atoms with Crippen LogP contribution in [0.3, 0.4) is 0 Å². The molecule has 0 aliphatic carbocycles. The summed E-state index contributed by atoms with van der Waals surface area (Å²) >= 11 is 0. The first-order valence-corrected chi connectivity index (χ1v) is 8.65. The van der Waals surface area contributed by atoms with E-state index in [1.165, 1.54) is 29.6 Å². The molecule has 1 saturated heterocycles. The van der Waals surface area contributed by atoms with Gasteiger partial charge in [-0.15, -0.1) is 0 Å². The number of carboxylic acid groups (broad SMARTS) is 1. The molecule has 7 heteroatoms. The van der Waals surface area contributed by atoms with E-state index in [9.17, 15) is 13.2 Å². The van der Waals surface area contributed by atoms with Crippen LogP contribution in [-0.4, -0.2) is 43.5 Å². The van der Waals surface area contributed by atoms with Crippen molar-refractivity contribution in [2.24, 2.45) is 5.92 Å². The maximum atomic E-state index is 12.9. The summed E-state index contributed by atoms with van der Waals surface area (Å²) in [6.07, 6.45) is 1.80. The van der Waals surface area contributed by atoms with Crippen molar-refractivity contribution in [3.63, 3.8) is 0 Å². The van der Waals surface area contributed by atoms with Gasteiger partial charge in [-0.3, -0.25) is 0 Å². The van der Waals surface area contributed by atoms with Crippen molar-refractivity contribution in [3.05, 3.63) is 23.8 Å². The molecule has 22 heavy (non-hydrogen) atoms. The molecule has 1 aliphatic rings. The van der Waals surface area contributed by atoms with Gasteiger partial charge in [-0.05, 0) is 37.8 Å². The highest BCUT2D eigenvalue weighted by Gasteiger charge is 2.35. The number of rotatable bonds is 4. The number of carboxylic acids is 1. The number of aromatic carboxylic acids is 1. The summed E-state index contributed by atoms with van der Waals surface area (Å²) in [7, 11) is -2.36. The minimum atomic E-state index is -3.74. The van der Waals surface area contributed by atoms with Gasteiger partial charge in [-0.25, -0.2) is 13.2 Å². The van der Waals surface area contributed by atoms with Crippen LogP contribution in [0.1, 0.15) is 37.0 Å². The lowest BCUT2D eigenvalue weighted by Gasteiger charge is -2.36. The van der Waals surface area contributed by atoms with Gasteiger partial charge in [0.15, 0.2) is 0 Å². The number of hydrogen-bond donors (Lipinski definition) is 1. The lowest BCUT2D eigenvalue weighted by molar-refractivity contribution is 0.0696. The van der Waals surface area contributed by atoms with Gasteiger partial charge in [-0.1, -0.05) is 6.92 Å². The normalized spacial score (nSPS) is 23.2. The number of ether oxygens (including phenoxy) is 1. The Morgan fingerprint density at radius 1 is 1.32 bits per heavy atom. The zero-order valence-electron chi connectivity index (χ0n) is 12.9. The van der Waals surface area contributed by atoms with Crippen LogP contribution in [-0.2, 0) is 10.0 Å². The first kappa shape index (κ1) is 16.8. The summed E-state index contributed by atoms with van der Waals surface area (Å²) in [4.78, 5) is 11.1. The summed E-state index contributed by atoms with van der Waals surface area (Å²) in [5.74, 6) is -0.695. The molecule has 2 atom stereocenters. The number of piperidine rings is 1. The third-order valence-corrected chi connectivity index (χ3v) is 6.25. The van der Waals surface area contributed by atoms with Crippen LogP contribution in [0.5, 0.6) is 5.75 Å². The molecule has 0 amide bonds. The van der Waals surface area contributed by atoms with Crippen molar-refractivity contribution >= 4 is 16.0 Å². The number of nitrogens with zero attached hydrogens (tertiary/aromatic N) is 1. The molecule has 1 N–H and O–H groups in total. The predicted octanol–water partition coefficient (Wildman–Crippen LogP) is 2.20. The van der Waals surface area contributed by atoms with Crippen LogP contribution in [0.2, 0.25) is 0 Å². The van der Waals surface area contributed by atoms with E-state index in [4.69, 9.17) is 9.84 Å². The first-order chi connectivity index (χ1) is 10.3. The lowest BCUT2D eigenvalue weighted by Crippen LogP contribution is -2.45. The van der Waals surface area contributed by atoms with E-state index in [-0.39, 0.29) is 28.2 Å². The molecule has 1 aromatic rings. The minimum Gasteiger partial charge on any atom is -0.497 e. The fraction of sp³-hybridized carbons (Fsp3) is 0.533. The number of benzene rings is 1. The van der Waals surface area contributed by atoms with E-state index < -0.39 is 16.0 Å². The van der Waals surface area contributed by atoms with E-state index >= 15 is 0 Å². The molecule has 1 aliphatic heterocycles. The van der Waals surface area contributed by atoms with E-state index in [0.717, 1.165) is 12.8 Å². The summed E-state index contributed by atoms with van der Waals surface area (Å²) in [5.41, 5.74) is -0.101. The Hall–Kier alpha value is -1.60. The Morgan fingerprint density at radius 3 is 2.59 bits per heavy atom. The Kier molecular flexibility index (Phi) is 4.77. The molecule has 122 valence electrons. The fourth-order valence-electron chi connectivity index (χ4n) is 2.73. The molecule has 0 radical (unpaired) electrons. The second-order valence-corrected chi connectivity index (χ2v) is 7.57. The standard InChI is InChI=1S/C15H21NO5S/c1-10-5-4-6-16(11(10)2)22(19,20)14-8-12(15(17)18)7-13(9-14)21-3/h7-11H,4-6H2,1-3H3,(H,17,18). The topological polar surface area (TPSA) is 83.9 Å². The second kappa shape index (κ2) is 6.26. The quantitative estimate of drug-likeness (QED) is 0.916. The Morgan fingerprint density at radius 2 is 2.00 bits per heavy atom. The SMILES string of the molecule is COc1cc(C(=O)O)cc(S(=O)(=O)N2CCCC(C)C2C)c1. The first-order valence-electron chi connectivity index (χ1n) is 7.21. The molecule has 0 bridgehead atoms. The van der Waals surface area contributed by atoms with Crippen molar-refractivity contribution in [2.45, 2.75) is 37.6 Å². The van der Waals surface area contributed by atoms with Gasteiger partial charge in [0.05, 0.1) is 17.6 Å². The van der Waals surface area contributed by atoms with Crippen molar-refractivity contribution in [3.8, 4) is 5.75 Å². The van der Waals surface area contributed by atoms with Gasteiger partial charge in [0, 0.05) is 18.7 Å². The number of hydrogen-bond acceptors (Lipinski definition) is 4. The largest absolute Gasteiger partial charge is 0.497 e. The predicted molar refractivity (Wildman–Crippen MR) is 81.7 cm³/mol. The van der Waals surface area contributed by atoms with Crippen molar-refractivity contribution < 1.29 is 23.1 Å². The summed E-state index contributed by atoms with van der Waals surface area (Å²) in [6, 6.07) is 3.75. The maximum absolute atomic E-state index is 12.9. The van der Waals surface area contributed by atoms with Gasteiger partial charge >= 0.3 is 5.97 Å². The molecule has 1 heterocycles. The highest BCUT2D eigenvalue weighted by atomic mass is 32.2. The fourth-order valence-corrected chi connectivity index (χ4v) is 4.56. The Labute approximate surface area is 130 Å². The Bertz CT molecular complexity index is 671. The molecule has 1 aromatic carbocycles. The van der Waals surface area contributed by atoms with Crippen LogP contribution in [0.25, 0.3) is 0 Å². The van der Waals surface area contributed by atoms with Gasteiger partial charge in [-0.2, -0.15) is 4.31 Å². The Balaban J connectivity index is 2.49. The molecule has 0 spiro atoms. The van der Waals surface area contributed by atoms with Gasteiger partial charge in [0.1, 0.15) is 5.75 Å². The molecular formula is C15H21NO5S. The molecular weight excluding hydrogens is 306 g/mol. The average Bonchev–Trinajstić information content (AvgIpc) is 2.49. The van der Waals surface area contributed by atoms with Crippen LogP contribution < -0.4 is 4.74 Å². The van der Waals surface area contributed by atoms with Gasteiger partial charge in [0.25, 0.3) is 0 Å². The van der Waals surface area contributed by atoms with Gasteiger partial charge < -0.3 is 9.84 Å². The summed E-state index contributed by atoms with van der Waals surface area (Å²) < 4.78 is 32.2. The van der Waals surface area contributed by atoms with Crippen LogP contribution in [0.15, 0.2) is 23.1 Å². The molecule has 0 saturated carbocycles. The van der Waals surface area contributed by atoms with E-state index in [1.807, 2.05) is 13.8 Å². The third-order valence-electron chi connectivity index (χ3n) is 4.29. The van der Waals surface area contributed by atoms with E-state index in [1.54, 1.807) is 0 Å².